The SMILES string of the molecule is Cc1ccc(O)c(C(=O)N2CCNC(=O)C2CC(=O)O)c1. The van der Waals surface area contributed by atoms with Crippen LogP contribution in [0.2, 0.25) is 0 Å². The Morgan fingerprint density at radius 2 is 2.14 bits per heavy atom. The fourth-order valence-electron chi connectivity index (χ4n) is 2.30. The third-order valence-corrected chi connectivity index (χ3v) is 3.34. The highest BCUT2D eigenvalue weighted by molar-refractivity contribution is 6.01. The zero-order chi connectivity index (χ0) is 15.6. The van der Waals surface area contributed by atoms with Gasteiger partial charge in [0.2, 0.25) is 5.91 Å². The highest BCUT2D eigenvalue weighted by Crippen LogP contribution is 2.22. The van der Waals surface area contributed by atoms with Crippen molar-refractivity contribution < 1.29 is 24.6 Å². The average Bonchev–Trinajstić information content (AvgIpc) is 2.42. The highest BCUT2D eigenvalue weighted by atomic mass is 16.4. The maximum Gasteiger partial charge on any atom is 0.305 e. The van der Waals surface area contributed by atoms with Crippen molar-refractivity contribution in [2.24, 2.45) is 0 Å². The summed E-state index contributed by atoms with van der Waals surface area (Å²) in [5, 5.41) is 21.2. The average molecular weight is 292 g/mol. The summed E-state index contributed by atoms with van der Waals surface area (Å²) < 4.78 is 0. The largest absolute Gasteiger partial charge is 0.507 e. The quantitative estimate of drug-likeness (QED) is 0.733. The number of amides is 2. The second kappa shape index (κ2) is 5.82. The first-order valence-electron chi connectivity index (χ1n) is 6.50. The maximum atomic E-state index is 12.5. The Bertz CT molecular complexity index is 599. The van der Waals surface area contributed by atoms with Crippen LogP contribution in [0.4, 0.5) is 0 Å². The van der Waals surface area contributed by atoms with E-state index in [9.17, 15) is 19.5 Å². The number of aliphatic carboxylic acids is 1. The van der Waals surface area contributed by atoms with E-state index in [0.717, 1.165) is 5.56 Å². The number of aryl methyl sites for hydroxylation is 1. The van der Waals surface area contributed by atoms with E-state index in [4.69, 9.17) is 5.11 Å². The molecule has 1 aromatic rings. The summed E-state index contributed by atoms with van der Waals surface area (Å²) in [6, 6.07) is 3.51. The minimum absolute atomic E-state index is 0.0695. The van der Waals surface area contributed by atoms with Gasteiger partial charge in [-0.3, -0.25) is 14.4 Å². The Labute approximate surface area is 121 Å². The Morgan fingerprint density at radius 1 is 1.43 bits per heavy atom. The molecule has 0 saturated carbocycles. The van der Waals surface area contributed by atoms with E-state index in [-0.39, 0.29) is 24.4 Å². The molecule has 3 N–H and O–H groups in total. The van der Waals surface area contributed by atoms with Crippen molar-refractivity contribution in [3.8, 4) is 5.75 Å². The topological polar surface area (TPSA) is 107 Å². The number of nitrogens with one attached hydrogen (secondary N) is 1. The van der Waals surface area contributed by atoms with E-state index in [1.54, 1.807) is 13.0 Å². The van der Waals surface area contributed by atoms with Crippen molar-refractivity contribution >= 4 is 17.8 Å². The molecule has 0 radical (unpaired) electrons. The molecule has 1 saturated heterocycles. The molecule has 0 aliphatic carbocycles. The number of piperazine rings is 1. The number of carbonyl (C=O) groups excluding carboxylic acids is 2. The monoisotopic (exact) mass is 292 g/mol. The molecule has 0 aromatic heterocycles. The van der Waals surface area contributed by atoms with Crippen LogP contribution in [0.15, 0.2) is 18.2 Å². The summed E-state index contributed by atoms with van der Waals surface area (Å²) in [6.45, 7) is 2.23. The normalized spacial score (nSPS) is 18.2. The number of carbonyl (C=O) groups is 3. The van der Waals surface area contributed by atoms with E-state index in [2.05, 4.69) is 5.32 Å². The lowest BCUT2D eigenvalue weighted by Gasteiger charge is -2.34. The molecule has 0 bridgehead atoms. The molecule has 1 aromatic carbocycles. The predicted octanol–water partition coefficient (Wildman–Crippen LogP) is 0.116. The Kier molecular flexibility index (Phi) is 4.11. The molecular weight excluding hydrogens is 276 g/mol. The summed E-state index contributed by atoms with van der Waals surface area (Å²) >= 11 is 0. The maximum absolute atomic E-state index is 12.5. The number of rotatable bonds is 3. The van der Waals surface area contributed by atoms with E-state index >= 15 is 0 Å². The number of hydrogen-bond donors (Lipinski definition) is 3. The summed E-state index contributed by atoms with van der Waals surface area (Å²) in [6.07, 6.45) is -0.468. The molecule has 2 amide bonds. The number of phenolic OH excluding ortho intramolecular Hbond substituents is 1. The van der Waals surface area contributed by atoms with Crippen LogP contribution in [0.5, 0.6) is 5.75 Å². The number of benzene rings is 1. The molecule has 1 atom stereocenters. The van der Waals surface area contributed by atoms with Gasteiger partial charge in [-0.2, -0.15) is 0 Å². The van der Waals surface area contributed by atoms with Crippen LogP contribution in [0, 0.1) is 6.92 Å². The number of hydrogen-bond acceptors (Lipinski definition) is 4. The van der Waals surface area contributed by atoms with Crippen molar-refractivity contribution in [3.05, 3.63) is 29.3 Å². The van der Waals surface area contributed by atoms with Crippen LogP contribution < -0.4 is 5.32 Å². The lowest BCUT2D eigenvalue weighted by Crippen LogP contribution is -2.57. The lowest BCUT2D eigenvalue weighted by molar-refractivity contribution is -0.142. The predicted molar refractivity (Wildman–Crippen MR) is 72.9 cm³/mol. The van der Waals surface area contributed by atoms with Crippen LogP contribution >= 0.6 is 0 Å². The third-order valence-electron chi connectivity index (χ3n) is 3.34. The fraction of sp³-hybridized carbons (Fsp3) is 0.357. The third kappa shape index (κ3) is 3.13. The Balaban J connectivity index is 2.32. The van der Waals surface area contributed by atoms with Crippen LogP contribution in [0.3, 0.4) is 0 Å². The van der Waals surface area contributed by atoms with Crippen molar-refractivity contribution in [1.82, 2.24) is 10.2 Å². The van der Waals surface area contributed by atoms with Crippen molar-refractivity contribution in [2.45, 2.75) is 19.4 Å². The van der Waals surface area contributed by atoms with E-state index in [1.807, 2.05) is 0 Å². The van der Waals surface area contributed by atoms with Crippen molar-refractivity contribution in [1.29, 1.82) is 0 Å². The molecule has 21 heavy (non-hydrogen) atoms. The summed E-state index contributed by atoms with van der Waals surface area (Å²) in [7, 11) is 0. The zero-order valence-electron chi connectivity index (χ0n) is 11.5. The summed E-state index contributed by atoms with van der Waals surface area (Å²) in [4.78, 5) is 36.4. The minimum atomic E-state index is -1.16. The van der Waals surface area contributed by atoms with E-state index < -0.39 is 30.2 Å². The summed E-state index contributed by atoms with van der Waals surface area (Å²) in [5.41, 5.74) is 0.854. The van der Waals surface area contributed by atoms with E-state index in [0.29, 0.717) is 0 Å². The number of carboxylic acids is 1. The van der Waals surface area contributed by atoms with Gasteiger partial charge in [0.05, 0.1) is 12.0 Å². The van der Waals surface area contributed by atoms with Gasteiger partial charge in [0.15, 0.2) is 0 Å². The molecule has 1 heterocycles. The van der Waals surface area contributed by atoms with Crippen molar-refractivity contribution in [3.63, 3.8) is 0 Å². The van der Waals surface area contributed by atoms with Gasteiger partial charge in [-0.25, -0.2) is 0 Å². The molecule has 7 nitrogen and oxygen atoms in total. The Hall–Kier alpha value is -2.57. The Morgan fingerprint density at radius 3 is 2.81 bits per heavy atom. The standard InChI is InChI=1S/C14H16N2O5/c1-8-2-3-11(17)9(6-8)14(21)16-5-4-15-13(20)10(16)7-12(18)19/h2-3,6,10,17H,4-5,7H2,1H3,(H,15,20)(H,18,19). The highest BCUT2D eigenvalue weighted by Gasteiger charge is 2.35. The second-order valence-electron chi connectivity index (χ2n) is 4.92. The van der Waals surface area contributed by atoms with Crippen LogP contribution in [0.1, 0.15) is 22.3 Å². The first kappa shape index (κ1) is 14.8. The first-order chi connectivity index (χ1) is 9.90. The fourth-order valence-corrected chi connectivity index (χ4v) is 2.30. The van der Waals surface area contributed by atoms with Crippen LogP contribution in [0.25, 0.3) is 0 Å². The van der Waals surface area contributed by atoms with Gasteiger partial charge >= 0.3 is 5.97 Å². The second-order valence-corrected chi connectivity index (χ2v) is 4.92. The molecule has 1 aliphatic rings. The summed E-state index contributed by atoms with van der Waals surface area (Å²) in [5.74, 6) is -2.39. The molecule has 2 rings (SSSR count). The molecule has 1 unspecified atom stereocenters. The van der Waals surface area contributed by atoms with Gasteiger partial charge in [-0.05, 0) is 19.1 Å². The molecule has 1 fully saturated rings. The van der Waals surface area contributed by atoms with E-state index in [1.165, 1.54) is 17.0 Å². The first-order valence-corrected chi connectivity index (χ1v) is 6.50. The molecule has 112 valence electrons. The van der Waals surface area contributed by atoms with Gasteiger partial charge in [0.1, 0.15) is 11.8 Å². The number of phenols is 1. The number of nitrogens with zero attached hydrogens (tertiary/aromatic N) is 1. The number of aromatic hydroxyl groups is 1. The van der Waals surface area contributed by atoms with Gasteiger partial charge in [0, 0.05) is 13.1 Å². The number of carboxylic acid groups (broad SMARTS) is 1. The molecule has 7 heteroatoms. The lowest BCUT2D eigenvalue weighted by atomic mass is 10.0. The van der Waals surface area contributed by atoms with Crippen LogP contribution in [-0.2, 0) is 9.59 Å². The smallest absolute Gasteiger partial charge is 0.305 e. The van der Waals surface area contributed by atoms with Crippen molar-refractivity contribution in [2.75, 3.05) is 13.1 Å². The molecular formula is C14H16N2O5. The minimum Gasteiger partial charge on any atom is -0.507 e. The zero-order valence-corrected chi connectivity index (χ0v) is 11.5. The van der Waals surface area contributed by atoms with Crippen LogP contribution in [-0.4, -0.2) is 52.0 Å². The van der Waals surface area contributed by atoms with Gasteiger partial charge in [-0.1, -0.05) is 11.6 Å². The molecule has 0 spiro atoms. The van der Waals surface area contributed by atoms with Gasteiger partial charge < -0.3 is 20.4 Å². The molecule has 1 aliphatic heterocycles. The van der Waals surface area contributed by atoms with Gasteiger partial charge in [-0.15, -0.1) is 0 Å². The van der Waals surface area contributed by atoms with Gasteiger partial charge in [0.25, 0.3) is 5.91 Å².